The van der Waals surface area contributed by atoms with Gasteiger partial charge in [-0.25, -0.2) is 9.97 Å². The van der Waals surface area contributed by atoms with Gasteiger partial charge in [0.25, 0.3) is 0 Å². The zero-order valence-corrected chi connectivity index (χ0v) is 11.5. The van der Waals surface area contributed by atoms with E-state index >= 15 is 0 Å². The van der Waals surface area contributed by atoms with Gasteiger partial charge in [0.2, 0.25) is 5.91 Å². The van der Waals surface area contributed by atoms with Crippen molar-refractivity contribution in [3.8, 4) is 5.75 Å². The smallest absolute Gasteiger partial charge is 0.387 e. The maximum Gasteiger partial charge on any atom is 0.387 e. The number of amides is 1. The van der Waals surface area contributed by atoms with E-state index in [2.05, 4.69) is 20.0 Å². The molecular formula is C13H11F2N3O2S. The Hall–Kier alpha value is -2.22. The summed E-state index contributed by atoms with van der Waals surface area (Å²) in [6.45, 7) is -2.95. The molecule has 1 amide bonds. The van der Waals surface area contributed by atoms with Crippen molar-refractivity contribution in [2.24, 2.45) is 0 Å². The zero-order chi connectivity index (χ0) is 15.1. The van der Waals surface area contributed by atoms with Crippen molar-refractivity contribution >= 4 is 23.4 Å². The van der Waals surface area contributed by atoms with Crippen LogP contribution in [0.25, 0.3) is 0 Å². The van der Waals surface area contributed by atoms with Crippen LogP contribution in [0, 0.1) is 0 Å². The highest BCUT2D eigenvalue weighted by Gasteiger charge is 2.12. The number of rotatable bonds is 6. The molecule has 0 saturated carbocycles. The number of benzene rings is 1. The number of hydrogen-bond acceptors (Lipinski definition) is 5. The lowest BCUT2D eigenvalue weighted by Crippen LogP contribution is -2.15. The standard InChI is InChI=1S/C13H11F2N3O2S/c14-12(15)20-10-5-2-1-4-9(10)18-11(19)8-21-13-16-6-3-7-17-13/h1-7,12H,8H2,(H,18,19). The van der Waals surface area contributed by atoms with Crippen molar-refractivity contribution in [1.82, 2.24) is 9.97 Å². The highest BCUT2D eigenvalue weighted by Crippen LogP contribution is 2.25. The molecule has 0 atom stereocenters. The van der Waals surface area contributed by atoms with E-state index in [1.165, 1.54) is 12.1 Å². The largest absolute Gasteiger partial charge is 0.433 e. The normalized spacial score (nSPS) is 10.4. The number of aromatic nitrogens is 2. The van der Waals surface area contributed by atoms with Gasteiger partial charge in [-0.1, -0.05) is 23.9 Å². The van der Waals surface area contributed by atoms with Gasteiger partial charge in [0, 0.05) is 12.4 Å². The molecule has 1 N–H and O–H groups in total. The molecule has 0 aliphatic heterocycles. The molecule has 0 bridgehead atoms. The molecule has 0 aliphatic carbocycles. The first kappa shape index (κ1) is 15.2. The Morgan fingerprint density at radius 2 is 1.95 bits per heavy atom. The molecular weight excluding hydrogens is 300 g/mol. The third-order valence-corrected chi connectivity index (χ3v) is 3.13. The van der Waals surface area contributed by atoms with Gasteiger partial charge in [0.15, 0.2) is 5.16 Å². The van der Waals surface area contributed by atoms with Crippen LogP contribution in [0.5, 0.6) is 5.75 Å². The molecule has 1 aromatic heterocycles. The Labute approximate surface area is 123 Å². The predicted molar refractivity (Wildman–Crippen MR) is 74.5 cm³/mol. The topological polar surface area (TPSA) is 64.1 Å². The van der Waals surface area contributed by atoms with Crippen LogP contribution in [0.4, 0.5) is 14.5 Å². The predicted octanol–water partition coefficient (Wildman–Crippen LogP) is 2.81. The minimum absolute atomic E-state index is 0.0625. The van der Waals surface area contributed by atoms with E-state index in [1.807, 2.05) is 0 Å². The number of thioether (sulfide) groups is 1. The van der Waals surface area contributed by atoms with Crippen LogP contribution in [-0.2, 0) is 4.79 Å². The third kappa shape index (κ3) is 4.99. The number of alkyl halides is 2. The van der Waals surface area contributed by atoms with E-state index in [1.54, 1.807) is 30.6 Å². The number of carbonyl (C=O) groups excluding carboxylic acids is 1. The maximum absolute atomic E-state index is 12.3. The van der Waals surface area contributed by atoms with Gasteiger partial charge >= 0.3 is 6.61 Å². The lowest BCUT2D eigenvalue weighted by Gasteiger charge is -2.11. The fraction of sp³-hybridized carbons (Fsp3) is 0.154. The number of ether oxygens (including phenoxy) is 1. The molecule has 21 heavy (non-hydrogen) atoms. The third-order valence-electron chi connectivity index (χ3n) is 2.25. The van der Waals surface area contributed by atoms with E-state index in [-0.39, 0.29) is 23.1 Å². The number of halogens is 2. The fourth-order valence-electron chi connectivity index (χ4n) is 1.44. The number of hydrogen-bond donors (Lipinski definition) is 1. The molecule has 0 radical (unpaired) electrons. The van der Waals surface area contributed by atoms with Gasteiger partial charge in [0.1, 0.15) is 5.75 Å². The second-order valence-electron chi connectivity index (χ2n) is 3.74. The monoisotopic (exact) mass is 311 g/mol. The van der Waals surface area contributed by atoms with E-state index in [9.17, 15) is 13.6 Å². The average molecular weight is 311 g/mol. The zero-order valence-electron chi connectivity index (χ0n) is 10.7. The van der Waals surface area contributed by atoms with Crippen LogP contribution < -0.4 is 10.1 Å². The highest BCUT2D eigenvalue weighted by molar-refractivity contribution is 7.99. The van der Waals surface area contributed by atoms with Gasteiger partial charge in [-0.05, 0) is 18.2 Å². The first-order chi connectivity index (χ1) is 10.1. The van der Waals surface area contributed by atoms with E-state index in [0.29, 0.717) is 5.16 Å². The summed E-state index contributed by atoms with van der Waals surface area (Å²) < 4.78 is 28.8. The first-order valence-corrected chi connectivity index (χ1v) is 6.87. The average Bonchev–Trinajstić information content (AvgIpc) is 2.48. The Bertz CT molecular complexity index is 599. The van der Waals surface area contributed by atoms with E-state index < -0.39 is 6.61 Å². The molecule has 1 aromatic carbocycles. The van der Waals surface area contributed by atoms with Crippen LogP contribution in [0.3, 0.4) is 0 Å². The Morgan fingerprint density at radius 1 is 1.24 bits per heavy atom. The molecule has 110 valence electrons. The van der Waals surface area contributed by atoms with Gasteiger partial charge < -0.3 is 10.1 Å². The minimum Gasteiger partial charge on any atom is -0.433 e. The summed E-state index contributed by atoms with van der Waals surface area (Å²) in [5.41, 5.74) is 0.192. The first-order valence-electron chi connectivity index (χ1n) is 5.88. The molecule has 0 aliphatic rings. The summed E-state index contributed by atoms with van der Waals surface area (Å²) in [6.07, 6.45) is 3.14. The van der Waals surface area contributed by atoms with Gasteiger partial charge in [-0.3, -0.25) is 4.79 Å². The molecule has 0 fully saturated rings. The summed E-state index contributed by atoms with van der Waals surface area (Å²) in [5.74, 6) is -0.382. The van der Waals surface area contributed by atoms with Crippen molar-refractivity contribution in [2.45, 2.75) is 11.8 Å². The molecule has 0 spiro atoms. The van der Waals surface area contributed by atoms with Gasteiger partial charge in [-0.15, -0.1) is 0 Å². The minimum atomic E-state index is -2.95. The van der Waals surface area contributed by atoms with Gasteiger partial charge in [-0.2, -0.15) is 8.78 Å². The SMILES string of the molecule is O=C(CSc1ncccn1)Nc1ccccc1OC(F)F. The highest BCUT2D eigenvalue weighted by atomic mass is 32.2. The molecule has 2 aromatic rings. The summed E-state index contributed by atoms with van der Waals surface area (Å²) in [4.78, 5) is 19.7. The number of nitrogens with one attached hydrogen (secondary N) is 1. The second kappa shape index (κ2) is 7.53. The van der Waals surface area contributed by atoms with Crippen molar-refractivity contribution < 1.29 is 18.3 Å². The van der Waals surface area contributed by atoms with Gasteiger partial charge in [0.05, 0.1) is 11.4 Å². The van der Waals surface area contributed by atoms with Crippen LogP contribution >= 0.6 is 11.8 Å². The van der Waals surface area contributed by atoms with Crippen molar-refractivity contribution in [2.75, 3.05) is 11.1 Å². The van der Waals surface area contributed by atoms with Crippen molar-refractivity contribution in [1.29, 1.82) is 0 Å². The quantitative estimate of drug-likeness (QED) is 0.656. The summed E-state index contributed by atoms with van der Waals surface area (Å²) in [7, 11) is 0. The Balaban J connectivity index is 1.93. The summed E-state index contributed by atoms with van der Waals surface area (Å²) in [6, 6.07) is 7.66. The van der Waals surface area contributed by atoms with Crippen molar-refractivity contribution in [3.63, 3.8) is 0 Å². The molecule has 0 saturated heterocycles. The maximum atomic E-state index is 12.3. The van der Waals surface area contributed by atoms with Crippen LogP contribution in [0.1, 0.15) is 0 Å². The lowest BCUT2D eigenvalue weighted by molar-refractivity contribution is -0.113. The van der Waals surface area contributed by atoms with Crippen LogP contribution in [-0.4, -0.2) is 28.2 Å². The summed E-state index contributed by atoms with van der Waals surface area (Å²) >= 11 is 1.14. The molecule has 2 rings (SSSR count). The summed E-state index contributed by atoms with van der Waals surface area (Å²) in [5, 5.41) is 2.98. The van der Waals surface area contributed by atoms with Crippen LogP contribution in [0.15, 0.2) is 47.9 Å². The number of nitrogens with zero attached hydrogens (tertiary/aromatic N) is 2. The molecule has 8 heteroatoms. The molecule has 1 heterocycles. The number of anilines is 1. The molecule has 5 nitrogen and oxygen atoms in total. The Kier molecular flexibility index (Phi) is 5.44. The van der Waals surface area contributed by atoms with Crippen molar-refractivity contribution in [3.05, 3.63) is 42.7 Å². The lowest BCUT2D eigenvalue weighted by atomic mass is 10.3. The number of carbonyl (C=O) groups is 1. The number of para-hydroxylation sites is 2. The van der Waals surface area contributed by atoms with E-state index in [0.717, 1.165) is 11.8 Å². The second-order valence-corrected chi connectivity index (χ2v) is 4.69. The van der Waals surface area contributed by atoms with E-state index in [4.69, 9.17) is 0 Å². The fourth-order valence-corrected chi connectivity index (χ4v) is 2.05. The molecule has 0 unspecified atom stereocenters. The van der Waals surface area contributed by atoms with Crippen LogP contribution in [0.2, 0.25) is 0 Å². The Morgan fingerprint density at radius 3 is 2.67 bits per heavy atom.